The zero-order valence-electron chi connectivity index (χ0n) is 17.8. The van der Waals surface area contributed by atoms with Gasteiger partial charge < -0.3 is 15.0 Å². The van der Waals surface area contributed by atoms with E-state index in [1.54, 1.807) is 11.4 Å². The Bertz CT molecular complexity index is 854. The molecule has 2 aliphatic heterocycles. The monoisotopic (exact) mass is 435 g/mol. The molecule has 3 aliphatic rings. The third kappa shape index (κ3) is 4.59. The molecule has 1 aromatic carbocycles. The molecule has 7 nitrogen and oxygen atoms in total. The minimum absolute atomic E-state index is 0.0193. The van der Waals surface area contributed by atoms with Gasteiger partial charge in [-0.05, 0) is 55.7 Å². The number of hydrogen-bond acceptors (Lipinski definition) is 4. The highest BCUT2D eigenvalue weighted by molar-refractivity contribution is 7.90. The van der Waals surface area contributed by atoms with E-state index in [-0.39, 0.29) is 23.2 Å². The van der Waals surface area contributed by atoms with E-state index in [0.29, 0.717) is 39.0 Å². The zero-order chi connectivity index (χ0) is 21.1. The number of benzene rings is 1. The number of likely N-dealkylation sites (tertiary alicyclic amines) is 1. The van der Waals surface area contributed by atoms with Crippen LogP contribution >= 0.6 is 0 Å². The van der Waals surface area contributed by atoms with Crippen LogP contribution in [0.3, 0.4) is 0 Å². The molecule has 0 unspecified atom stereocenters. The van der Waals surface area contributed by atoms with E-state index < -0.39 is 10.0 Å². The predicted molar refractivity (Wildman–Crippen MR) is 116 cm³/mol. The van der Waals surface area contributed by atoms with Gasteiger partial charge in [-0.2, -0.15) is 0 Å². The SMILES string of the molecule is COc1cccc(CCN2C[C@@H]3CCN(C(=O)NC4CCCC4)CC[C@@H]3S2(=O)=O)c1. The van der Waals surface area contributed by atoms with Gasteiger partial charge in [-0.25, -0.2) is 17.5 Å². The second kappa shape index (κ2) is 9.14. The molecule has 1 aliphatic carbocycles. The van der Waals surface area contributed by atoms with Gasteiger partial charge in [0.1, 0.15) is 5.75 Å². The Kier molecular flexibility index (Phi) is 6.53. The number of fused-ring (bicyclic) bond motifs is 1. The van der Waals surface area contributed by atoms with Crippen molar-refractivity contribution in [2.45, 2.75) is 56.2 Å². The van der Waals surface area contributed by atoms with Gasteiger partial charge in [0.2, 0.25) is 10.0 Å². The Morgan fingerprint density at radius 3 is 2.70 bits per heavy atom. The molecule has 2 atom stereocenters. The summed E-state index contributed by atoms with van der Waals surface area (Å²) < 4.78 is 33.2. The van der Waals surface area contributed by atoms with Crippen LogP contribution in [-0.4, -0.2) is 68.2 Å². The van der Waals surface area contributed by atoms with Gasteiger partial charge in [0, 0.05) is 32.2 Å². The summed E-state index contributed by atoms with van der Waals surface area (Å²) in [6, 6.07) is 8.06. The first-order valence-corrected chi connectivity index (χ1v) is 12.6. The third-order valence-electron chi connectivity index (χ3n) is 6.91. The number of rotatable bonds is 5. The van der Waals surface area contributed by atoms with Crippen molar-refractivity contribution in [2.75, 3.05) is 33.3 Å². The van der Waals surface area contributed by atoms with Gasteiger partial charge in [-0.15, -0.1) is 0 Å². The smallest absolute Gasteiger partial charge is 0.317 e. The van der Waals surface area contributed by atoms with Crippen molar-refractivity contribution in [3.8, 4) is 5.75 Å². The first-order chi connectivity index (χ1) is 14.5. The molecular weight excluding hydrogens is 402 g/mol. The summed E-state index contributed by atoms with van der Waals surface area (Å²) >= 11 is 0. The van der Waals surface area contributed by atoms with Crippen molar-refractivity contribution in [2.24, 2.45) is 5.92 Å². The molecule has 2 heterocycles. The van der Waals surface area contributed by atoms with Gasteiger partial charge >= 0.3 is 6.03 Å². The highest BCUT2D eigenvalue weighted by Gasteiger charge is 2.47. The standard InChI is InChI=1S/C22H33N3O4S/c1-29-20-8-4-5-17(15-20)9-14-25-16-18-10-12-24(13-11-21(18)30(25,27)28)22(26)23-19-6-2-3-7-19/h4-5,8,15,18-19,21H,2-3,6-7,9-14,16H2,1H3,(H,23,26)/t18-,21-/m0/s1. The number of carbonyl (C=O) groups excluding carboxylic acids is 1. The first-order valence-electron chi connectivity index (χ1n) is 11.1. The minimum Gasteiger partial charge on any atom is -0.497 e. The van der Waals surface area contributed by atoms with Crippen LogP contribution in [0.5, 0.6) is 5.75 Å². The topological polar surface area (TPSA) is 79.0 Å². The highest BCUT2D eigenvalue weighted by atomic mass is 32.2. The normalized spacial score (nSPS) is 26.9. The Hall–Kier alpha value is -1.80. The summed E-state index contributed by atoms with van der Waals surface area (Å²) in [5.74, 6) is 0.891. The fourth-order valence-electron chi connectivity index (χ4n) is 5.14. The molecule has 1 saturated carbocycles. The zero-order valence-corrected chi connectivity index (χ0v) is 18.6. The van der Waals surface area contributed by atoms with E-state index in [2.05, 4.69) is 5.32 Å². The number of nitrogens with zero attached hydrogens (tertiary/aromatic N) is 2. The lowest BCUT2D eigenvalue weighted by molar-refractivity contribution is 0.194. The van der Waals surface area contributed by atoms with E-state index >= 15 is 0 Å². The molecule has 0 spiro atoms. The number of ether oxygens (including phenoxy) is 1. The molecule has 2 amide bonds. The lowest BCUT2D eigenvalue weighted by Crippen LogP contribution is -2.44. The van der Waals surface area contributed by atoms with Crippen molar-refractivity contribution in [1.29, 1.82) is 0 Å². The van der Waals surface area contributed by atoms with Crippen LogP contribution in [0.15, 0.2) is 24.3 Å². The summed E-state index contributed by atoms with van der Waals surface area (Å²) in [6.07, 6.45) is 6.42. The summed E-state index contributed by atoms with van der Waals surface area (Å²) in [6.45, 7) is 2.21. The average molecular weight is 436 g/mol. The molecule has 4 rings (SSSR count). The van der Waals surface area contributed by atoms with E-state index in [9.17, 15) is 13.2 Å². The minimum atomic E-state index is -3.32. The molecule has 8 heteroatoms. The van der Waals surface area contributed by atoms with Crippen LogP contribution in [0.2, 0.25) is 0 Å². The van der Waals surface area contributed by atoms with Crippen LogP contribution in [0.4, 0.5) is 4.79 Å². The Labute approximate surface area is 179 Å². The van der Waals surface area contributed by atoms with Gasteiger partial charge in [0.25, 0.3) is 0 Å². The maximum absolute atomic E-state index is 13.2. The number of hydrogen-bond donors (Lipinski definition) is 1. The van der Waals surface area contributed by atoms with Gasteiger partial charge in [0.15, 0.2) is 0 Å². The second-order valence-electron chi connectivity index (χ2n) is 8.80. The maximum Gasteiger partial charge on any atom is 0.317 e. The molecule has 2 saturated heterocycles. The molecule has 1 N–H and O–H groups in total. The van der Waals surface area contributed by atoms with E-state index in [1.165, 1.54) is 12.8 Å². The van der Waals surface area contributed by atoms with Crippen molar-refractivity contribution < 1.29 is 17.9 Å². The number of methoxy groups -OCH3 is 1. The van der Waals surface area contributed by atoms with E-state index in [4.69, 9.17) is 4.74 Å². The number of nitrogens with one attached hydrogen (secondary N) is 1. The molecule has 3 fully saturated rings. The van der Waals surface area contributed by atoms with Gasteiger partial charge in [-0.3, -0.25) is 0 Å². The predicted octanol–water partition coefficient (Wildman–Crippen LogP) is 2.62. The third-order valence-corrected chi connectivity index (χ3v) is 9.35. The fourth-order valence-corrected chi connectivity index (χ4v) is 7.38. The molecule has 0 radical (unpaired) electrons. The number of carbonyl (C=O) groups is 1. The van der Waals surface area contributed by atoms with Crippen LogP contribution in [0, 0.1) is 5.92 Å². The van der Waals surface area contributed by atoms with Gasteiger partial charge in [-0.1, -0.05) is 25.0 Å². The van der Waals surface area contributed by atoms with E-state index in [1.807, 2.05) is 29.2 Å². The molecule has 0 bridgehead atoms. The molecule has 166 valence electrons. The van der Waals surface area contributed by atoms with E-state index in [0.717, 1.165) is 30.6 Å². The van der Waals surface area contributed by atoms with Crippen molar-refractivity contribution in [3.63, 3.8) is 0 Å². The molecule has 1 aromatic rings. The Morgan fingerprint density at radius 1 is 1.17 bits per heavy atom. The Balaban J connectivity index is 1.34. The summed E-state index contributed by atoms with van der Waals surface area (Å²) in [5, 5.41) is 2.77. The fraction of sp³-hybridized carbons (Fsp3) is 0.682. The summed E-state index contributed by atoms with van der Waals surface area (Å²) in [5.41, 5.74) is 1.08. The maximum atomic E-state index is 13.2. The average Bonchev–Trinajstić information content (AvgIpc) is 3.25. The quantitative estimate of drug-likeness (QED) is 0.771. The van der Waals surface area contributed by atoms with Crippen LogP contribution in [0.25, 0.3) is 0 Å². The van der Waals surface area contributed by atoms with Crippen LogP contribution in [-0.2, 0) is 16.4 Å². The largest absolute Gasteiger partial charge is 0.497 e. The lowest BCUT2D eigenvalue weighted by atomic mass is 10.0. The van der Waals surface area contributed by atoms with Crippen LogP contribution < -0.4 is 10.1 Å². The van der Waals surface area contributed by atoms with Crippen molar-refractivity contribution >= 4 is 16.1 Å². The van der Waals surface area contributed by atoms with Gasteiger partial charge in [0.05, 0.1) is 12.4 Å². The van der Waals surface area contributed by atoms with Crippen LogP contribution in [0.1, 0.15) is 44.1 Å². The number of amides is 2. The second-order valence-corrected chi connectivity index (χ2v) is 11.0. The van der Waals surface area contributed by atoms with Crippen molar-refractivity contribution in [3.05, 3.63) is 29.8 Å². The van der Waals surface area contributed by atoms with Crippen molar-refractivity contribution in [1.82, 2.24) is 14.5 Å². The molecular formula is C22H33N3O4S. The first kappa shape index (κ1) is 21.4. The number of urea groups is 1. The highest BCUT2D eigenvalue weighted by Crippen LogP contribution is 2.34. The summed E-state index contributed by atoms with van der Waals surface area (Å²) in [4.78, 5) is 14.4. The number of sulfonamides is 1. The molecule has 30 heavy (non-hydrogen) atoms. The summed E-state index contributed by atoms with van der Waals surface area (Å²) in [7, 11) is -1.69. The molecule has 0 aromatic heterocycles. The lowest BCUT2D eigenvalue weighted by Gasteiger charge is -2.24. The Morgan fingerprint density at radius 2 is 1.93 bits per heavy atom.